The minimum atomic E-state index is -0.246. The van der Waals surface area contributed by atoms with Crippen LogP contribution in [0.2, 0.25) is 0 Å². The van der Waals surface area contributed by atoms with E-state index >= 15 is 0 Å². The van der Waals surface area contributed by atoms with E-state index in [0.29, 0.717) is 11.3 Å². The van der Waals surface area contributed by atoms with E-state index in [1.807, 2.05) is 25.6 Å². The molecule has 0 spiro atoms. The maximum atomic E-state index is 13.9. The van der Waals surface area contributed by atoms with Gasteiger partial charge in [-0.05, 0) is 32.2 Å². The summed E-state index contributed by atoms with van der Waals surface area (Å²) in [7, 11) is 3.87. The molecule has 0 aliphatic heterocycles. The van der Waals surface area contributed by atoms with E-state index in [0.717, 1.165) is 29.0 Å². The second-order valence-corrected chi connectivity index (χ2v) is 5.41. The van der Waals surface area contributed by atoms with Crippen molar-refractivity contribution in [1.82, 2.24) is 14.9 Å². The summed E-state index contributed by atoms with van der Waals surface area (Å²) in [5.41, 5.74) is 2.23. The zero-order chi connectivity index (χ0) is 14.0. The third-order valence-electron chi connectivity index (χ3n) is 3.26. The first-order valence-electron chi connectivity index (χ1n) is 6.16. The van der Waals surface area contributed by atoms with E-state index in [1.165, 1.54) is 6.07 Å². The van der Waals surface area contributed by atoms with Crippen LogP contribution in [0, 0.1) is 12.7 Å². The topological polar surface area (TPSA) is 29.9 Å². The second-order valence-electron chi connectivity index (χ2n) is 4.50. The standard InChI is InChI=1S/C14H17BrFN3/c1-9-14(11-8-10(15)4-5-12(11)16)18-13(19(9)3)6-7-17-2/h4-5,8,17H,6-7H2,1-3H3. The van der Waals surface area contributed by atoms with Crippen molar-refractivity contribution in [3.05, 3.63) is 40.0 Å². The van der Waals surface area contributed by atoms with Crippen LogP contribution in [0.5, 0.6) is 0 Å². The molecule has 3 nitrogen and oxygen atoms in total. The maximum absolute atomic E-state index is 13.9. The molecule has 0 fully saturated rings. The van der Waals surface area contributed by atoms with Gasteiger partial charge in [0, 0.05) is 35.7 Å². The van der Waals surface area contributed by atoms with Gasteiger partial charge in [-0.3, -0.25) is 0 Å². The van der Waals surface area contributed by atoms with Gasteiger partial charge in [-0.25, -0.2) is 9.37 Å². The summed E-state index contributed by atoms with van der Waals surface area (Å²) in [5.74, 6) is 0.714. The molecule has 0 unspecified atom stereocenters. The molecule has 2 aromatic rings. The van der Waals surface area contributed by atoms with Crippen molar-refractivity contribution >= 4 is 15.9 Å². The van der Waals surface area contributed by atoms with Crippen LogP contribution >= 0.6 is 15.9 Å². The average Bonchev–Trinajstić information content (AvgIpc) is 2.67. The molecule has 102 valence electrons. The van der Waals surface area contributed by atoms with Gasteiger partial charge in [0.1, 0.15) is 11.6 Å². The third kappa shape index (κ3) is 2.87. The van der Waals surface area contributed by atoms with Gasteiger partial charge in [-0.1, -0.05) is 15.9 Å². The lowest BCUT2D eigenvalue weighted by atomic mass is 10.1. The van der Waals surface area contributed by atoms with E-state index in [4.69, 9.17) is 0 Å². The molecule has 0 radical (unpaired) electrons. The molecule has 5 heteroatoms. The van der Waals surface area contributed by atoms with Gasteiger partial charge < -0.3 is 9.88 Å². The van der Waals surface area contributed by atoms with Gasteiger partial charge in [-0.2, -0.15) is 0 Å². The Labute approximate surface area is 121 Å². The second kappa shape index (κ2) is 5.84. The molecule has 19 heavy (non-hydrogen) atoms. The largest absolute Gasteiger partial charge is 0.335 e. The summed E-state index contributed by atoms with van der Waals surface area (Å²) >= 11 is 3.37. The lowest BCUT2D eigenvalue weighted by molar-refractivity contribution is 0.630. The van der Waals surface area contributed by atoms with Gasteiger partial charge >= 0.3 is 0 Å². The van der Waals surface area contributed by atoms with Crippen LogP contribution in [0.3, 0.4) is 0 Å². The quantitative estimate of drug-likeness (QED) is 0.936. The first-order chi connectivity index (χ1) is 9.04. The van der Waals surface area contributed by atoms with Gasteiger partial charge in [0.05, 0.1) is 5.69 Å². The molecule has 2 rings (SSSR count). The molecule has 1 N–H and O–H groups in total. The van der Waals surface area contributed by atoms with Crippen molar-refractivity contribution in [3.63, 3.8) is 0 Å². The van der Waals surface area contributed by atoms with Crippen molar-refractivity contribution in [3.8, 4) is 11.3 Å². The van der Waals surface area contributed by atoms with E-state index < -0.39 is 0 Å². The van der Waals surface area contributed by atoms with Crippen molar-refractivity contribution < 1.29 is 4.39 Å². The van der Waals surface area contributed by atoms with Crippen molar-refractivity contribution in [2.24, 2.45) is 7.05 Å². The minimum Gasteiger partial charge on any atom is -0.335 e. The van der Waals surface area contributed by atoms with Gasteiger partial charge in [-0.15, -0.1) is 0 Å². The Morgan fingerprint density at radius 3 is 2.84 bits per heavy atom. The minimum absolute atomic E-state index is 0.246. The molecular weight excluding hydrogens is 309 g/mol. The molecule has 1 aromatic carbocycles. The lowest BCUT2D eigenvalue weighted by Gasteiger charge is -2.03. The van der Waals surface area contributed by atoms with Crippen LogP contribution < -0.4 is 5.32 Å². The molecule has 0 aliphatic rings. The number of benzene rings is 1. The Balaban J connectivity index is 2.47. The highest BCUT2D eigenvalue weighted by Gasteiger charge is 2.16. The van der Waals surface area contributed by atoms with Crippen LogP contribution in [0.25, 0.3) is 11.3 Å². The summed E-state index contributed by atoms with van der Waals surface area (Å²) in [6.45, 7) is 2.82. The highest BCUT2D eigenvalue weighted by molar-refractivity contribution is 9.10. The van der Waals surface area contributed by atoms with Gasteiger partial charge in [0.2, 0.25) is 0 Å². The molecule has 0 bridgehead atoms. The SMILES string of the molecule is CNCCc1nc(-c2cc(Br)ccc2F)c(C)n1C. The van der Waals surface area contributed by atoms with Gasteiger partial charge in [0.25, 0.3) is 0 Å². The first-order valence-corrected chi connectivity index (χ1v) is 6.96. The van der Waals surface area contributed by atoms with E-state index in [2.05, 4.69) is 26.2 Å². The molecule has 0 saturated heterocycles. The Bertz CT molecular complexity index is 593. The van der Waals surface area contributed by atoms with Crippen LogP contribution in [-0.2, 0) is 13.5 Å². The molecule has 0 saturated carbocycles. The maximum Gasteiger partial charge on any atom is 0.132 e. The smallest absolute Gasteiger partial charge is 0.132 e. The Kier molecular flexibility index (Phi) is 4.37. The number of imidazole rings is 1. The molecule has 1 aromatic heterocycles. The van der Waals surface area contributed by atoms with Crippen LogP contribution in [0.4, 0.5) is 4.39 Å². The Morgan fingerprint density at radius 2 is 2.16 bits per heavy atom. The summed E-state index contributed by atoms with van der Waals surface area (Å²) in [5, 5.41) is 3.10. The Hall–Kier alpha value is -1.20. The van der Waals surface area contributed by atoms with Crippen molar-refractivity contribution in [1.29, 1.82) is 0 Å². The monoisotopic (exact) mass is 325 g/mol. The highest BCUT2D eigenvalue weighted by atomic mass is 79.9. The molecular formula is C14H17BrFN3. The molecule has 0 amide bonds. The molecule has 0 aliphatic carbocycles. The number of halogens is 2. The molecule has 1 heterocycles. The third-order valence-corrected chi connectivity index (χ3v) is 3.75. The van der Waals surface area contributed by atoms with Crippen LogP contribution in [0.15, 0.2) is 22.7 Å². The van der Waals surface area contributed by atoms with Crippen molar-refractivity contribution in [2.45, 2.75) is 13.3 Å². The number of likely N-dealkylation sites (N-methyl/N-ethyl adjacent to an activating group) is 1. The number of hydrogen-bond acceptors (Lipinski definition) is 2. The first kappa shape index (κ1) is 14.2. The number of nitrogens with one attached hydrogen (secondary N) is 1. The number of aromatic nitrogens is 2. The Morgan fingerprint density at radius 1 is 1.42 bits per heavy atom. The fraction of sp³-hybridized carbons (Fsp3) is 0.357. The summed E-state index contributed by atoms with van der Waals surface area (Å²) in [6.07, 6.45) is 0.823. The molecule has 0 atom stereocenters. The van der Waals surface area contributed by atoms with Gasteiger partial charge in [0.15, 0.2) is 0 Å². The van der Waals surface area contributed by atoms with E-state index in [9.17, 15) is 4.39 Å². The van der Waals surface area contributed by atoms with Crippen LogP contribution in [0.1, 0.15) is 11.5 Å². The predicted octanol–water partition coefficient (Wildman–Crippen LogP) is 3.06. The van der Waals surface area contributed by atoms with Crippen molar-refractivity contribution in [2.75, 3.05) is 13.6 Å². The fourth-order valence-electron chi connectivity index (χ4n) is 2.03. The lowest BCUT2D eigenvalue weighted by Crippen LogP contribution is -2.13. The summed E-state index contributed by atoms with van der Waals surface area (Å²) in [4.78, 5) is 4.58. The zero-order valence-electron chi connectivity index (χ0n) is 11.3. The summed E-state index contributed by atoms with van der Waals surface area (Å²) < 4.78 is 16.8. The normalized spacial score (nSPS) is 11.0. The number of hydrogen-bond donors (Lipinski definition) is 1. The van der Waals surface area contributed by atoms with E-state index in [1.54, 1.807) is 12.1 Å². The summed E-state index contributed by atoms with van der Waals surface area (Å²) in [6, 6.07) is 4.92. The van der Waals surface area contributed by atoms with E-state index in [-0.39, 0.29) is 5.82 Å². The fourth-order valence-corrected chi connectivity index (χ4v) is 2.39. The highest BCUT2D eigenvalue weighted by Crippen LogP contribution is 2.28. The van der Waals surface area contributed by atoms with Crippen LogP contribution in [-0.4, -0.2) is 23.1 Å². The zero-order valence-corrected chi connectivity index (χ0v) is 12.9. The number of rotatable bonds is 4. The number of nitrogens with zero attached hydrogens (tertiary/aromatic N) is 2. The predicted molar refractivity (Wildman–Crippen MR) is 78.7 cm³/mol. The average molecular weight is 326 g/mol.